The van der Waals surface area contributed by atoms with E-state index < -0.39 is 108 Å². The van der Waals surface area contributed by atoms with Gasteiger partial charge in [-0.3, -0.25) is 14.4 Å². The van der Waals surface area contributed by atoms with Gasteiger partial charge in [-0.1, -0.05) is 0 Å². The molecule has 11 N–H and O–H groups in total. The Bertz CT molecular complexity index is 859. The summed E-state index contributed by atoms with van der Waals surface area (Å²) in [5.74, 6) is -9.33. The summed E-state index contributed by atoms with van der Waals surface area (Å²) in [6.07, 6.45) is -12.9. The summed E-state index contributed by atoms with van der Waals surface area (Å²) in [6, 6.07) is -2.54. The zero-order chi connectivity index (χ0) is 28.3. The molecule has 37 heavy (non-hydrogen) atoms. The van der Waals surface area contributed by atoms with Crippen LogP contribution in [0.25, 0.3) is 0 Å². The highest BCUT2D eigenvalue weighted by Gasteiger charge is 2.76. The SMILES string of the molecule is O=C(CCl)N[C@@H]1[C@](O)([C@H]2O[C@H](CO)[C@@H](O)[C@H](O)[C@H]2O)[C@@](O)(NC(=O)CCl)[C@@H](CO)O[C@@]1(O)NC(=O)CCl. The topological polar surface area (TPSA) is 268 Å². The van der Waals surface area contributed by atoms with Crippen LogP contribution in [-0.2, 0) is 23.9 Å². The Morgan fingerprint density at radius 2 is 1.32 bits per heavy atom. The molecular formula is C18H28Cl3N3O13. The fourth-order valence-electron chi connectivity index (χ4n) is 4.33. The lowest BCUT2D eigenvalue weighted by molar-refractivity contribution is -0.414. The number of aliphatic hydroxyl groups excluding tert-OH is 5. The number of rotatable bonds is 9. The summed E-state index contributed by atoms with van der Waals surface area (Å²) in [6.45, 7) is -2.33. The Morgan fingerprint density at radius 3 is 1.81 bits per heavy atom. The molecule has 19 heteroatoms. The van der Waals surface area contributed by atoms with E-state index in [1.165, 1.54) is 0 Å². The molecule has 0 aromatic rings. The molecule has 0 aromatic heterocycles. The van der Waals surface area contributed by atoms with E-state index in [0.717, 1.165) is 0 Å². The lowest BCUT2D eigenvalue weighted by atomic mass is 9.68. The third kappa shape index (κ3) is 5.76. The lowest BCUT2D eigenvalue weighted by Crippen LogP contribution is -2.92. The van der Waals surface area contributed by atoms with Gasteiger partial charge in [0.2, 0.25) is 23.4 Å². The second-order valence-electron chi connectivity index (χ2n) is 8.32. The van der Waals surface area contributed by atoms with Crippen LogP contribution in [0.4, 0.5) is 0 Å². The lowest BCUT2D eigenvalue weighted by Gasteiger charge is -2.62. The van der Waals surface area contributed by atoms with Crippen molar-refractivity contribution in [1.29, 1.82) is 0 Å². The fourth-order valence-corrected chi connectivity index (χ4v) is 4.54. The van der Waals surface area contributed by atoms with Gasteiger partial charge in [0.15, 0.2) is 5.60 Å². The largest absolute Gasteiger partial charge is 0.394 e. The summed E-state index contributed by atoms with van der Waals surface area (Å²) in [7, 11) is 0. The van der Waals surface area contributed by atoms with Crippen molar-refractivity contribution in [2.75, 3.05) is 30.9 Å². The van der Waals surface area contributed by atoms with E-state index >= 15 is 0 Å². The molecule has 10 atom stereocenters. The maximum atomic E-state index is 12.3. The smallest absolute Gasteiger partial charge is 0.274 e. The van der Waals surface area contributed by atoms with Gasteiger partial charge < -0.3 is 66.3 Å². The summed E-state index contributed by atoms with van der Waals surface area (Å²) in [4.78, 5) is 36.7. The highest BCUT2D eigenvalue weighted by molar-refractivity contribution is 6.28. The Hall–Kier alpha value is -1.12. The molecule has 2 rings (SSSR count). The highest BCUT2D eigenvalue weighted by atomic mass is 35.5. The van der Waals surface area contributed by atoms with E-state index in [9.17, 15) is 55.2 Å². The zero-order valence-corrected chi connectivity index (χ0v) is 21.1. The number of alkyl halides is 3. The molecule has 2 fully saturated rings. The molecule has 2 aliphatic heterocycles. The number of hydrogen-bond acceptors (Lipinski definition) is 13. The molecule has 0 saturated carbocycles. The number of nitrogens with one attached hydrogen (secondary N) is 3. The van der Waals surface area contributed by atoms with Crippen LogP contribution in [0, 0.1) is 0 Å². The first-order valence-corrected chi connectivity index (χ1v) is 12.2. The molecule has 2 saturated heterocycles. The maximum absolute atomic E-state index is 12.3. The van der Waals surface area contributed by atoms with E-state index in [-0.39, 0.29) is 0 Å². The Labute approximate surface area is 224 Å². The zero-order valence-electron chi connectivity index (χ0n) is 18.8. The van der Waals surface area contributed by atoms with Crippen LogP contribution in [0.3, 0.4) is 0 Å². The maximum Gasteiger partial charge on any atom is 0.274 e. The summed E-state index contributed by atoms with van der Waals surface area (Å²) in [5, 5.41) is 91.6. The van der Waals surface area contributed by atoms with E-state index in [4.69, 9.17) is 44.3 Å². The van der Waals surface area contributed by atoms with Crippen molar-refractivity contribution in [1.82, 2.24) is 16.0 Å². The molecular weight excluding hydrogens is 573 g/mol. The molecule has 0 bridgehead atoms. The normalized spacial score (nSPS) is 42.1. The van der Waals surface area contributed by atoms with Gasteiger partial charge in [-0.15, -0.1) is 34.8 Å². The van der Waals surface area contributed by atoms with Crippen LogP contribution >= 0.6 is 34.8 Å². The van der Waals surface area contributed by atoms with E-state index in [2.05, 4.69) is 0 Å². The monoisotopic (exact) mass is 599 g/mol. The summed E-state index contributed by atoms with van der Waals surface area (Å²) >= 11 is 16.5. The van der Waals surface area contributed by atoms with Crippen molar-refractivity contribution in [3.8, 4) is 0 Å². The minimum absolute atomic E-state index is 0.808. The second kappa shape index (κ2) is 12.4. The van der Waals surface area contributed by atoms with Gasteiger partial charge >= 0.3 is 0 Å². The van der Waals surface area contributed by atoms with Gasteiger partial charge in [-0.2, -0.15) is 0 Å². The number of carbonyl (C=O) groups is 3. The van der Waals surface area contributed by atoms with Gasteiger partial charge in [-0.25, -0.2) is 0 Å². The fraction of sp³-hybridized carbons (Fsp3) is 0.833. The van der Waals surface area contributed by atoms with E-state index in [1.54, 1.807) is 0 Å². The van der Waals surface area contributed by atoms with Gasteiger partial charge in [0.25, 0.3) is 5.91 Å². The van der Waals surface area contributed by atoms with Crippen molar-refractivity contribution in [3.63, 3.8) is 0 Å². The highest BCUT2D eigenvalue weighted by Crippen LogP contribution is 2.45. The van der Waals surface area contributed by atoms with Crippen LogP contribution in [0.1, 0.15) is 0 Å². The van der Waals surface area contributed by atoms with Crippen LogP contribution in [0.2, 0.25) is 0 Å². The summed E-state index contributed by atoms with van der Waals surface area (Å²) in [5.41, 5.74) is -6.83. The molecule has 3 amide bonds. The van der Waals surface area contributed by atoms with Gasteiger partial charge in [0.1, 0.15) is 60.3 Å². The van der Waals surface area contributed by atoms with E-state index in [0.29, 0.717) is 0 Å². The second-order valence-corrected chi connectivity index (χ2v) is 9.13. The molecule has 0 radical (unpaired) electrons. The molecule has 0 unspecified atom stereocenters. The third-order valence-electron chi connectivity index (χ3n) is 6.04. The standard InChI is InChI=1S/C18H28Cl3N3O13/c19-1-8(27)22-15-16(33,14-13(32)12(31)11(30)6(4-25)36-14)17(34,23-9(28)2-20)7(5-26)37-18(15,35)24-10(29)3-21/h6-7,11-15,25-26,30-35H,1-5H2,(H,22,27)(H,23,28)(H,24,29)/t6-,7-,11-,12+,13-,14+,15-,16-,17-,18-/m1/s1. The number of hydrogen-bond donors (Lipinski definition) is 11. The minimum Gasteiger partial charge on any atom is -0.394 e. The van der Waals surface area contributed by atoms with Gasteiger partial charge in [0.05, 0.1) is 13.2 Å². The molecule has 214 valence electrons. The van der Waals surface area contributed by atoms with Crippen LogP contribution in [-0.4, -0.2) is 149 Å². The minimum atomic E-state index is -3.48. The average Bonchev–Trinajstić information content (AvgIpc) is 2.87. The van der Waals surface area contributed by atoms with Crippen molar-refractivity contribution >= 4 is 52.5 Å². The first-order chi connectivity index (χ1) is 17.2. The van der Waals surface area contributed by atoms with Crippen LogP contribution in [0.15, 0.2) is 0 Å². The molecule has 16 nitrogen and oxygen atoms in total. The summed E-state index contributed by atoms with van der Waals surface area (Å²) < 4.78 is 10.6. The van der Waals surface area contributed by atoms with Crippen molar-refractivity contribution < 1.29 is 64.7 Å². The molecule has 0 aliphatic carbocycles. The third-order valence-corrected chi connectivity index (χ3v) is 6.77. The molecule has 0 spiro atoms. The predicted octanol–water partition coefficient (Wildman–Crippen LogP) is -6.28. The molecule has 0 aromatic carbocycles. The van der Waals surface area contributed by atoms with Crippen molar-refractivity contribution in [2.45, 2.75) is 59.9 Å². The van der Waals surface area contributed by atoms with Gasteiger partial charge in [-0.05, 0) is 0 Å². The molecule has 2 heterocycles. The van der Waals surface area contributed by atoms with Crippen molar-refractivity contribution in [2.24, 2.45) is 0 Å². The van der Waals surface area contributed by atoms with Crippen molar-refractivity contribution in [3.05, 3.63) is 0 Å². The first-order valence-electron chi connectivity index (χ1n) is 10.6. The molecule has 2 aliphatic rings. The Balaban J connectivity index is 2.88. The quantitative estimate of drug-likeness (QED) is 0.0869. The first kappa shape index (κ1) is 32.1. The number of ether oxygens (including phenoxy) is 2. The predicted molar refractivity (Wildman–Crippen MR) is 121 cm³/mol. The Kier molecular flexibility index (Phi) is 10.7. The van der Waals surface area contributed by atoms with Crippen LogP contribution in [0.5, 0.6) is 0 Å². The number of amides is 3. The Morgan fingerprint density at radius 1 is 0.784 bits per heavy atom. The number of aliphatic hydroxyl groups is 8. The van der Waals surface area contributed by atoms with Crippen LogP contribution < -0.4 is 16.0 Å². The van der Waals surface area contributed by atoms with Gasteiger partial charge in [0, 0.05) is 0 Å². The number of halogens is 3. The number of carbonyl (C=O) groups excluding carboxylic acids is 3. The average molecular weight is 601 g/mol. The van der Waals surface area contributed by atoms with E-state index in [1.807, 2.05) is 16.0 Å².